The normalized spacial score (nSPS) is 12.5. The Kier molecular flexibility index (Phi) is 17.2. The molecule has 0 aliphatic carbocycles. The maximum absolute atomic E-state index is 12.5. The van der Waals surface area contributed by atoms with E-state index in [2.05, 4.69) is 5.32 Å². The molecule has 42 heavy (non-hydrogen) atoms. The van der Waals surface area contributed by atoms with Crippen molar-refractivity contribution in [2.45, 2.75) is 92.7 Å². The number of hydrogen-bond donors (Lipinski definition) is 1. The van der Waals surface area contributed by atoms with Gasteiger partial charge in [0.1, 0.15) is 12.1 Å². The van der Waals surface area contributed by atoms with Crippen molar-refractivity contribution >= 4 is 24.2 Å². The van der Waals surface area contributed by atoms with E-state index in [0.29, 0.717) is 42.6 Å². The minimum atomic E-state index is -0.957. The van der Waals surface area contributed by atoms with Gasteiger partial charge in [0, 0.05) is 13.0 Å². The van der Waals surface area contributed by atoms with E-state index in [1.807, 2.05) is 41.5 Å². The Bertz CT molecular complexity index is 992. The van der Waals surface area contributed by atoms with Gasteiger partial charge in [-0.3, -0.25) is 9.59 Å². The zero-order valence-electron chi connectivity index (χ0n) is 26.4. The summed E-state index contributed by atoms with van der Waals surface area (Å²) in [4.78, 5) is 49.2. The molecule has 0 aliphatic heterocycles. The molecular formula is C31H49NO10. The summed E-state index contributed by atoms with van der Waals surface area (Å²) >= 11 is 0. The zero-order valence-corrected chi connectivity index (χ0v) is 26.4. The Balaban J connectivity index is 3.00. The standard InChI is InChI=1S/C31H49NO10/c1-20(2)9-12-28(33)40-23(7)19-32-25(29(34)37-8)17-24-10-11-26(41-30(35)38-15-13-21(3)4)27(18-24)42-31(36)39-16-14-22(5)6/h10-11,18,20-23,25,32H,9,12-17,19H2,1-8H3/t23?,25-/m0/s1. The fourth-order valence-corrected chi connectivity index (χ4v) is 3.49. The molecule has 0 spiro atoms. The highest BCUT2D eigenvalue weighted by atomic mass is 16.7. The van der Waals surface area contributed by atoms with Crippen LogP contribution in [0, 0.1) is 17.8 Å². The maximum Gasteiger partial charge on any atom is 0.513 e. The second kappa shape index (κ2) is 19.7. The first-order valence-electron chi connectivity index (χ1n) is 14.6. The van der Waals surface area contributed by atoms with Crippen molar-refractivity contribution in [3.05, 3.63) is 23.8 Å². The molecule has 2 atom stereocenters. The minimum absolute atomic E-state index is 0.0429. The van der Waals surface area contributed by atoms with Crippen LogP contribution in [0.4, 0.5) is 9.59 Å². The second-order valence-corrected chi connectivity index (χ2v) is 11.5. The Morgan fingerprint density at radius 2 is 1.31 bits per heavy atom. The smallest absolute Gasteiger partial charge is 0.468 e. The number of carbonyl (C=O) groups excluding carboxylic acids is 4. The average molecular weight is 596 g/mol. The van der Waals surface area contributed by atoms with Gasteiger partial charge in [-0.25, -0.2) is 9.59 Å². The number of hydrogen-bond acceptors (Lipinski definition) is 11. The first kappa shape index (κ1) is 36.7. The van der Waals surface area contributed by atoms with Gasteiger partial charge in [0.15, 0.2) is 11.5 Å². The molecule has 0 amide bonds. The fourth-order valence-electron chi connectivity index (χ4n) is 3.49. The summed E-state index contributed by atoms with van der Waals surface area (Å²) in [6, 6.07) is 3.75. The number of methoxy groups -OCH3 is 1. The van der Waals surface area contributed by atoms with Crippen molar-refractivity contribution < 1.29 is 47.6 Å². The van der Waals surface area contributed by atoms with Gasteiger partial charge in [0.05, 0.1) is 20.3 Å². The summed E-state index contributed by atoms with van der Waals surface area (Å²) in [6.07, 6.45) is 0.136. The van der Waals surface area contributed by atoms with Gasteiger partial charge in [0.25, 0.3) is 0 Å². The molecule has 11 heteroatoms. The highest BCUT2D eigenvalue weighted by Gasteiger charge is 2.23. The molecule has 0 radical (unpaired) electrons. The van der Waals surface area contributed by atoms with Crippen LogP contribution in [0.5, 0.6) is 11.5 Å². The molecule has 0 saturated heterocycles. The van der Waals surface area contributed by atoms with Gasteiger partial charge in [-0.1, -0.05) is 47.6 Å². The largest absolute Gasteiger partial charge is 0.513 e. The summed E-state index contributed by atoms with van der Waals surface area (Å²) in [5, 5.41) is 3.08. The van der Waals surface area contributed by atoms with Gasteiger partial charge in [-0.05, 0) is 68.1 Å². The van der Waals surface area contributed by atoms with Crippen molar-refractivity contribution in [3.63, 3.8) is 0 Å². The summed E-state index contributed by atoms with van der Waals surface area (Å²) < 4.78 is 31.3. The second-order valence-electron chi connectivity index (χ2n) is 11.5. The van der Waals surface area contributed by atoms with E-state index in [0.717, 1.165) is 6.42 Å². The summed E-state index contributed by atoms with van der Waals surface area (Å²) in [6.45, 7) is 14.4. The quantitative estimate of drug-likeness (QED) is 0.124. The molecule has 238 valence electrons. The summed E-state index contributed by atoms with van der Waals surface area (Å²) in [5.74, 6) is 0.115. The molecule has 1 unspecified atom stereocenters. The molecule has 0 fully saturated rings. The molecule has 0 heterocycles. The molecule has 1 rings (SSSR count). The fraction of sp³-hybridized carbons (Fsp3) is 0.677. The summed E-state index contributed by atoms with van der Waals surface area (Å²) in [7, 11) is 1.27. The van der Waals surface area contributed by atoms with E-state index in [1.165, 1.54) is 19.2 Å². The van der Waals surface area contributed by atoms with Crippen molar-refractivity contribution in [2.24, 2.45) is 17.8 Å². The van der Waals surface area contributed by atoms with E-state index in [9.17, 15) is 19.2 Å². The van der Waals surface area contributed by atoms with E-state index in [-0.39, 0.29) is 43.6 Å². The van der Waals surface area contributed by atoms with E-state index >= 15 is 0 Å². The first-order valence-corrected chi connectivity index (χ1v) is 14.6. The van der Waals surface area contributed by atoms with Crippen LogP contribution < -0.4 is 14.8 Å². The van der Waals surface area contributed by atoms with Crippen molar-refractivity contribution in [2.75, 3.05) is 26.9 Å². The topological polar surface area (TPSA) is 136 Å². The Hall–Kier alpha value is -3.34. The third kappa shape index (κ3) is 16.2. The number of carbonyl (C=O) groups is 4. The monoisotopic (exact) mass is 595 g/mol. The number of nitrogens with one attached hydrogen (secondary N) is 1. The molecule has 1 aromatic rings. The van der Waals surface area contributed by atoms with Crippen LogP contribution in [0.3, 0.4) is 0 Å². The molecule has 0 aliphatic rings. The van der Waals surface area contributed by atoms with Crippen LogP contribution in [0.15, 0.2) is 18.2 Å². The lowest BCUT2D eigenvalue weighted by Crippen LogP contribution is -2.43. The maximum atomic E-state index is 12.5. The van der Waals surface area contributed by atoms with Crippen molar-refractivity contribution in [3.8, 4) is 11.5 Å². The number of rotatable bonds is 18. The molecule has 1 aromatic carbocycles. The van der Waals surface area contributed by atoms with Crippen LogP contribution >= 0.6 is 0 Å². The molecule has 1 N–H and O–H groups in total. The lowest BCUT2D eigenvalue weighted by atomic mass is 10.0. The van der Waals surface area contributed by atoms with E-state index in [4.69, 9.17) is 28.4 Å². The van der Waals surface area contributed by atoms with Gasteiger partial charge in [0.2, 0.25) is 0 Å². The Labute approximate surface area is 249 Å². The number of benzene rings is 1. The molecule has 0 bridgehead atoms. The molecule has 0 saturated carbocycles. The lowest BCUT2D eigenvalue weighted by Gasteiger charge is -2.20. The third-order valence-electron chi connectivity index (χ3n) is 6.06. The van der Waals surface area contributed by atoms with Crippen molar-refractivity contribution in [1.29, 1.82) is 0 Å². The van der Waals surface area contributed by atoms with Crippen LogP contribution in [0.2, 0.25) is 0 Å². The summed E-state index contributed by atoms with van der Waals surface area (Å²) in [5.41, 5.74) is 0.574. The molecular weight excluding hydrogens is 546 g/mol. The Morgan fingerprint density at radius 3 is 1.83 bits per heavy atom. The van der Waals surface area contributed by atoms with Gasteiger partial charge in [-0.15, -0.1) is 0 Å². The van der Waals surface area contributed by atoms with Crippen LogP contribution in [0.25, 0.3) is 0 Å². The van der Waals surface area contributed by atoms with Gasteiger partial charge >= 0.3 is 24.2 Å². The zero-order chi connectivity index (χ0) is 31.7. The molecule has 11 nitrogen and oxygen atoms in total. The SMILES string of the molecule is COC(=O)[C@H](Cc1ccc(OC(=O)OCCC(C)C)c(OC(=O)OCCC(C)C)c1)NCC(C)OC(=O)CCC(C)C. The first-order chi connectivity index (χ1) is 19.8. The van der Waals surface area contributed by atoms with E-state index < -0.39 is 30.4 Å². The van der Waals surface area contributed by atoms with Crippen LogP contribution in [0.1, 0.15) is 79.7 Å². The third-order valence-corrected chi connectivity index (χ3v) is 6.06. The van der Waals surface area contributed by atoms with Gasteiger partial charge < -0.3 is 33.7 Å². The predicted octanol–water partition coefficient (Wildman–Crippen LogP) is 5.85. The predicted molar refractivity (Wildman–Crippen MR) is 156 cm³/mol. The number of ether oxygens (including phenoxy) is 6. The average Bonchev–Trinajstić information content (AvgIpc) is 2.90. The number of esters is 2. The van der Waals surface area contributed by atoms with Crippen LogP contribution in [-0.2, 0) is 35.0 Å². The van der Waals surface area contributed by atoms with E-state index in [1.54, 1.807) is 13.0 Å². The van der Waals surface area contributed by atoms with Gasteiger partial charge in [-0.2, -0.15) is 0 Å². The minimum Gasteiger partial charge on any atom is -0.468 e. The molecule has 0 aromatic heterocycles. The highest BCUT2D eigenvalue weighted by molar-refractivity contribution is 5.76. The van der Waals surface area contributed by atoms with Crippen LogP contribution in [-0.4, -0.2) is 63.3 Å². The lowest BCUT2D eigenvalue weighted by molar-refractivity contribution is -0.148. The Morgan fingerprint density at radius 1 is 0.762 bits per heavy atom. The van der Waals surface area contributed by atoms with Crippen molar-refractivity contribution in [1.82, 2.24) is 5.32 Å². The highest BCUT2D eigenvalue weighted by Crippen LogP contribution is 2.30.